The minimum absolute atomic E-state index is 0.0397. The van der Waals surface area contributed by atoms with Crippen molar-refractivity contribution < 1.29 is 22.7 Å². The van der Waals surface area contributed by atoms with Gasteiger partial charge < -0.3 is 9.14 Å². The Kier molecular flexibility index (Phi) is 3.63. The lowest BCUT2D eigenvalue weighted by atomic mass is 10.3. The number of hydrogen-bond donors (Lipinski definition) is 0. The molecule has 3 aromatic heterocycles. The smallest absolute Gasteiger partial charge is 0.416 e. The summed E-state index contributed by atoms with van der Waals surface area (Å²) < 4.78 is 44.5. The summed E-state index contributed by atoms with van der Waals surface area (Å²) >= 11 is 0. The second kappa shape index (κ2) is 5.52. The first-order valence-corrected chi connectivity index (χ1v) is 6.72. The summed E-state index contributed by atoms with van der Waals surface area (Å²) in [6, 6.07) is 5.58. The van der Waals surface area contributed by atoms with E-state index < -0.39 is 17.9 Å². The van der Waals surface area contributed by atoms with E-state index in [2.05, 4.69) is 9.72 Å². The number of halogens is 3. The molecule has 0 aliphatic carbocycles. The van der Waals surface area contributed by atoms with Gasteiger partial charge in [-0.1, -0.05) is 6.07 Å². The van der Waals surface area contributed by atoms with Crippen LogP contribution in [-0.2, 0) is 4.79 Å². The molecule has 0 spiro atoms. The molecule has 124 valence electrons. The van der Waals surface area contributed by atoms with Gasteiger partial charge in [0.2, 0.25) is 0 Å². The molecular weight excluding hydrogens is 327 g/mol. The van der Waals surface area contributed by atoms with Crippen molar-refractivity contribution in [2.75, 3.05) is 0 Å². The largest absolute Gasteiger partial charge is 0.491 e. The molecule has 3 rings (SSSR count). The quantitative estimate of drug-likeness (QED) is 0.673. The van der Waals surface area contributed by atoms with E-state index in [1.807, 2.05) is 0 Å². The fourth-order valence-corrected chi connectivity index (χ4v) is 2.18. The highest BCUT2D eigenvalue weighted by atomic mass is 19.4. The molecule has 0 fully saturated rings. The van der Waals surface area contributed by atoms with Crippen molar-refractivity contribution in [1.29, 1.82) is 0 Å². The lowest BCUT2D eigenvalue weighted by Crippen LogP contribution is -2.28. The number of carbonyl (C=O) groups excluding carboxylic acids is 1. The number of pyridine rings is 2. The number of imidazole rings is 1. The fraction of sp³-hybridized carbons (Fsp3) is 0.133. The average molecular weight is 337 g/mol. The third-order valence-electron chi connectivity index (χ3n) is 3.16. The van der Waals surface area contributed by atoms with Crippen molar-refractivity contribution in [3.63, 3.8) is 0 Å². The Morgan fingerprint density at radius 2 is 2.00 bits per heavy atom. The molecule has 6 nitrogen and oxygen atoms in total. The van der Waals surface area contributed by atoms with Crippen molar-refractivity contribution in [3.8, 4) is 11.4 Å². The molecule has 0 aliphatic rings. The highest BCUT2D eigenvalue weighted by Crippen LogP contribution is 2.26. The number of rotatable bonds is 2. The molecular formula is C15H10F3N3O3. The van der Waals surface area contributed by atoms with Gasteiger partial charge in [-0.05, 0) is 13.0 Å². The van der Waals surface area contributed by atoms with Crippen LogP contribution in [0.2, 0.25) is 0 Å². The first-order chi connectivity index (χ1) is 11.3. The second-order valence-electron chi connectivity index (χ2n) is 4.97. The topological polar surface area (TPSA) is 65.6 Å². The van der Waals surface area contributed by atoms with Crippen LogP contribution >= 0.6 is 0 Å². The average Bonchev–Trinajstić information content (AvgIpc) is 2.87. The van der Waals surface area contributed by atoms with Crippen molar-refractivity contribution in [1.82, 2.24) is 14.0 Å². The van der Waals surface area contributed by atoms with Gasteiger partial charge in [-0.25, -0.2) is 9.78 Å². The first kappa shape index (κ1) is 15.8. The van der Waals surface area contributed by atoms with Crippen LogP contribution in [0.3, 0.4) is 0 Å². The number of ether oxygens (including phenoxy) is 1. The Morgan fingerprint density at radius 1 is 1.25 bits per heavy atom. The van der Waals surface area contributed by atoms with Crippen molar-refractivity contribution >= 4 is 11.6 Å². The van der Waals surface area contributed by atoms with Gasteiger partial charge in [0.15, 0.2) is 11.4 Å². The summed E-state index contributed by atoms with van der Waals surface area (Å²) in [6.45, 7) is 1.64. The van der Waals surface area contributed by atoms with Crippen molar-refractivity contribution in [2.45, 2.75) is 13.1 Å². The number of alkyl halides is 3. The first-order valence-electron chi connectivity index (χ1n) is 6.72. The van der Waals surface area contributed by atoms with Crippen LogP contribution in [0.25, 0.3) is 11.3 Å². The SMILES string of the molecule is Cc1cn2cc(-n3ccccc3=O)cc(OC(=O)C(F)(F)F)c2n1. The van der Waals surface area contributed by atoms with E-state index in [4.69, 9.17) is 0 Å². The third-order valence-corrected chi connectivity index (χ3v) is 3.16. The van der Waals surface area contributed by atoms with E-state index >= 15 is 0 Å². The normalized spacial score (nSPS) is 11.7. The molecule has 0 saturated heterocycles. The Bertz CT molecular complexity index is 989. The van der Waals surface area contributed by atoms with Gasteiger partial charge in [-0.3, -0.25) is 9.36 Å². The number of carbonyl (C=O) groups is 1. The summed E-state index contributed by atoms with van der Waals surface area (Å²) in [7, 11) is 0. The van der Waals surface area contributed by atoms with Crippen LogP contribution in [0.1, 0.15) is 5.69 Å². The Labute approximate surface area is 132 Å². The molecule has 0 atom stereocenters. The van der Waals surface area contributed by atoms with Crippen LogP contribution in [0.4, 0.5) is 13.2 Å². The van der Waals surface area contributed by atoms with Crippen molar-refractivity contribution in [2.24, 2.45) is 0 Å². The van der Waals surface area contributed by atoms with Crippen LogP contribution < -0.4 is 10.3 Å². The van der Waals surface area contributed by atoms with Gasteiger partial charge in [-0.2, -0.15) is 13.2 Å². The lowest BCUT2D eigenvalue weighted by molar-refractivity contribution is -0.189. The zero-order valence-corrected chi connectivity index (χ0v) is 12.2. The monoisotopic (exact) mass is 337 g/mol. The zero-order valence-electron chi connectivity index (χ0n) is 12.2. The van der Waals surface area contributed by atoms with Gasteiger partial charge >= 0.3 is 12.1 Å². The molecule has 0 N–H and O–H groups in total. The molecule has 0 saturated carbocycles. The highest BCUT2D eigenvalue weighted by molar-refractivity contribution is 5.80. The van der Waals surface area contributed by atoms with Crippen LogP contribution in [-0.4, -0.2) is 26.1 Å². The van der Waals surface area contributed by atoms with Gasteiger partial charge in [0.05, 0.1) is 11.4 Å². The summed E-state index contributed by atoms with van der Waals surface area (Å²) in [4.78, 5) is 27.1. The highest BCUT2D eigenvalue weighted by Gasteiger charge is 2.41. The van der Waals surface area contributed by atoms with E-state index in [-0.39, 0.29) is 16.9 Å². The minimum Gasteiger partial charge on any atom is -0.416 e. The molecule has 24 heavy (non-hydrogen) atoms. The fourth-order valence-electron chi connectivity index (χ4n) is 2.18. The van der Waals surface area contributed by atoms with E-state index in [1.165, 1.54) is 39.7 Å². The molecule has 0 radical (unpaired) electrons. The second-order valence-corrected chi connectivity index (χ2v) is 4.97. The van der Waals surface area contributed by atoms with Gasteiger partial charge in [0.1, 0.15) is 0 Å². The van der Waals surface area contributed by atoms with Crippen LogP contribution in [0.5, 0.6) is 5.75 Å². The zero-order chi connectivity index (χ0) is 17.5. The number of fused-ring (bicyclic) bond motifs is 1. The molecule has 3 aromatic rings. The standard InChI is InChI=1S/C15H10F3N3O3/c1-9-7-20-8-10(21-5-3-2-4-12(21)22)6-11(13(20)19-9)24-14(23)15(16,17)18/h2-8H,1H3. The van der Waals surface area contributed by atoms with E-state index in [1.54, 1.807) is 13.0 Å². The molecule has 3 heterocycles. The Hall–Kier alpha value is -3.10. The molecule has 0 amide bonds. The molecule has 0 aliphatic heterocycles. The maximum atomic E-state index is 12.5. The van der Waals surface area contributed by atoms with Gasteiger partial charge in [0.25, 0.3) is 5.56 Å². The summed E-state index contributed by atoms with van der Waals surface area (Å²) in [5.41, 5.74) is 0.395. The predicted octanol–water partition coefficient (Wildman–Crippen LogP) is 2.26. The van der Waals surface area contributed by atoms with E-state index in [9.17, 15) is 22.8 Å². The van der Waals surface area contributed by atoms with Crippen molar-refractivity contribution in [3.05, 3.63) is 58.9 Å². The minimum atomic E-state index is -5.14. The third kappa shape index (κ3) is 2.87. The molecule has 0 unspecified atom stereocenters. The Morgan fingerprint density at radius 3 is 2.67 bits per heavy atom. The summed E-state index contributed by atoms with van der Waals surface area (Å²) in [6.07, 6.45) is -0.653. The number of nitrogens with zero attached hydrogens (tertiary/aromatic N) is 3. The molecule has 0 aromatic carbocycles. The number of hydrogen-bond acceptors (Lipinski definition) is 4. The number of esters is 1. The maximum Gasteiger partial charge on any atom is 0.491 e. The van der Waals surface area contributed by atoms with E-state index in [0.717, 1.165) is 6.07 Å². The van der Waals surface area contributed by atoms with Gasteiger partial charge in [-0.15, -0.1) is 0 Å². The number of aromatic nitrogens is 3. The predicted molar refractivity (Wildman–Crippen MR) is 77.2 cm³/mol. The Balaban J connectivity index is 2.18. The van der Waals surface area contributed by atoms with E-state index in [0.29, 0.717) is 5.69 Å². The molecule has 0 bridgehead atoms. The lowest BCUT2D eigenvalue weighted by Gasteiger charge is -2.11. The van der Waals surface area contributed by atoms with Gasteiger partial charge in [0, 0.05) is 30.7 Å². The molecule has 9 heteroatoms. The van der Waals surface area contributed by atoms with Crippen LogP contribution in [0.15, 0.2) is 47.7 Å². The summed E-state index contributed by atoms with van der Waals surface area (Å²) in [5.74, 6) is -2.75. The van der Waals surface area contributed by atoms with Crippen LogP contribution in [0, 0.1) is 6.92 Å². The maximum absolute atomic E-state index is 12.5. The summed E-state index contributed by atoms with van der Waals surface area (Å²) in [5, 5.41) is 0. The number of aryl methyl sites for hydroxylation is 1.